The summed E-state index contributed by atoms with van der Waals surface area (Å²) in [7, 11) is -2.09. The fourth-order valence-corrected chi connectivity index (χ4v) is 11.8. The summed E-state index contributed by atoms with van der Waals surface area (Å²) in [6.07, 6.45) is 0. The first-order valence-corrected chi connectivity index (χ1v) is 20.9. The van der Waals surface area contributed by atoms with Crippen LogP contribution in [0.25, 0.3) is 76.9 Å². The third-order valence-corrected chi connectivity index (χ3v) is 14.8. The first-order valence-electron chi connectivity index (χ1n) is 17.9. The zero-order valence-corrected chi connectivity index (χ0v) is 29.9. The molecular weight excluding hydrogens is 651 g/mol. The standard InChI is InChI=1S/C48H33NO2Si/c1-52(2)45-26-25-44-47(38-17-6-8-20-42(38)51-44)48(45)39-23-21-34(29-46(39)52)49(33-22-24-43-40(28-33)37-16-5-7-19-41(37)50-43)32-14-9-13-31(27-32)36-18-10-12-30-11-3-4-15-35(30)36/h3-29H,1-2H3. The Hall–Kier alpha value is -6.36. The summed E-state index contributed by atoms with van der Waals surface area (Å²) in [6.45, 7) is 4.98. The highest BCUT2D eigenvalue weighted by atomic mass is 28.3. The molecule has 0 amide bonds. The minimum absolute atomic E-state index is 0.892. The molecule has 0 bridgehead atoms. The third-order valence-electron chi connectivity index (χ3n) is 11.2. The summed E-state index contributed by atoms with van der Waals surface area (Å²) in [6, 6.07) is 59.2. The molecule has 11 rings (SSSR count). The van der Waals surface area contributed by atoms with E-state index in [1.165, 1.54) is 54.2 Å². The molecule has 2 aromatic heterocycles. The second-order valence-electron chi connectivity index (χ2n) is 14.5. The normalized spacial score (nSPS) is 13.3. The smallest absolute Gasteiger partial charge is 0.136 e. The van der Waals surface area contributed by atoms with Gasteiger partial charge in [-0.3, -0.25) is 0 Å². The van der Waals surface area contributed by atoms with Gasteiger partial charge in [-0.05, 0) is 104 Å². The summed E-state index contributed by atoms with van der Waals surface area (Å²) in [5, 5.41) is 10.1. The fourth-order valence-electron chi connectivity index (χ4n) is 8.76. The highest BCUT2D eigenvalue weighted by Gasteiger charge is 2.39. The molecule has 4 heteroatoms. The van der Waals surface area contributed by atoms with Crippen molar-refractivity contribution in [1.82, 2.24) is 0 Å². The monoisotopic (exact) mass is 683 g/mol. The van der Waals surface area contributed by atoms with Crippen molar-refractivity contribution in [3.63, 3.8) is 0 Å². The van der Waals surface area contributed by atoms with Crippen LogP contribution in [-0.2, 0) is 0 Å². The summed E-state index contributed by atoms with van der Waals surface area (Å²) < 4.78 is 12.6. The number of nitrogens with zero attached hydrogens (tertiary/aromatic N) is 1. The van der Waals surface area contributed by atoms with Crippen LogP contribution in [0, 0.1) is 0 Å². The molecule has 0 fully saturated rings. The molecule has 0 saturated carbocycles. The predicted octanol–water partition coefficient (Wildman–Crippen LogP) is 12.6. The zero-order chi connectivity index (χ0) is 34.6. The molecule has 10 aromatic rings. The Labute approximate surface area is 302 Å². The zero-order valence-electron chi connectivity index (χ0n) is 28.9. The van der Waals surface area contributed by atoms with E-state index < -0.39 is 8.07 Å². The first-order chi connectivity index (χ1) is 25.5. The second-order valence-corrected chi connectivity index (χ2v) is 18.8. The molecule has 0 unspecified atom stereocenters. The van der Waals surface area contributed by atoms with Crippen molar-refractivity contribution in [2.24, 2.45) is 0 Å². The van der Waals surface area contributed by atoms with E-state index in [9.17, 15) is 0 Å². The van der Waals surface area contributed by atoms with Gasteiger partial charge in [-0.15, -0.1) is 0 Å². The van der Waals surface area contributed by atoms with Crippen molar-refractivity contribution in [3.05, 3.63) is 164 Å². The van der Waals surface area contributed by atoms with Crippen LogP contribution in [0.15, 0.2) is 173 Å². The summed E-state index contributed by atoms with van der Waals surface area (Å²) in [4.78, 5) is 2.42. The minimum atomic E-state index is -2.09. The molecule has 246 valence electrons. The van der Waals surface area contributed by atoms with Gasteiger partial charge in [-0.25, -0.2) is 0 Å². The molecule has 52 heavy (non-hydrogen) atoms. The molecule has 0 N–H and O–H groups in total. The number of para-hydroxylation sites is 2. The highest BCUT2D eigenvalue weighted by Crippen LogP contribution is 2.44. The third kappa shape index (κ3) is 4.19. The Morgan fingerprint density at radius 3 is 1.94 bits per heavy atom. The lowest BCUT2D eigenvalue weighted by Gasteiger charge is -2.28. The molecule has 0 aliphatic carbocycles. The van der Waals surface area contributed by atoms with E-state index in [0.717, 1.165) is 50.2 Å². The second kappa shape index (κ2) is 10.8. The van der Waals surface area contributed by atoms with Crippen LogP contribution in [0.4, 0.5) is 17.1 Å². The van der Waals surface area contributed by atoms with Crippen LogP contribution in [0.5, 0.6) is 0 Å². The fraction of sp³-hybridized carbons (Fsp3) is 0.0417. The Balaban J connectivity index is 1.14. The van der Waals surface area contributed by atoms with Gasteiger partial charge in [0, 0.05) is 38.6 Å². The van der Waals surface area contributed by atoms with Gasteiger partial charge in [0.2, 0.25) is 0 Å². The maximum Gasteiger partial charge on any atom is 0.136 e. The molecule has 3 heterocycles. The van der Waals surface area contributed by atoms with E-state index in [1.807, 2.05) is 12.1 Å². The van der Waals surface area contributed by atoms with E-state index >= 15 is 0 Å². The SMILES string of the molecule is C[Si]1(C)c2cc(N(c3cccc(-c4cccc5ccccc45)c3)c3ccc4oc5ccccc5c4c3)ccc2-c2c1ccc1oc3ccccc3c21. The summed E-state index contributed by atoms with van der Waals surface area (Å²) in [5.41, 5.74) is 12.1. The lowest BCUT2D eigenvalue weighted by atomic mass is 9.97. The van der Waals surface area contributed by atoms with E-state index in [0.29, 0.717) is 0 Å². The Bertz CT molecular complexity index is 3070. The Morgan fingerprint density at radius 1 is 0.423 bits per heavy atom. The molecule has 0 saturated heterocycles. The minimum Gasteiger partial charge on any atom is -0.456 e. The maximum atomic E-state index is 6.37. The predicted molar refractivity (Wildman–Crippen MR) is 221 cm³/mol. The number of furan rings is 2. The van der Waals surface area contributed by atoms with Crippen molar-refractivity contribution in [1.29, 1.82) is 0 Å². The molecule has 3 nitrogen and oxygen atoms in total. The number of hydrogen-bond donors (Lipinski definition) is 0. The quantitative estimate of drug-likeness (QED) is 0.173. The highest BCUT2D eigenvalue weighted by molar-refractivity contribution is 7.04. The van der Waals surface area contributed by atoms with Gasteiger partial charge in [0.15, 0.2) is 0 Å². The van der Waals surface area contributed by atoms with Crippen LogP contribution in [0.3, 0.4) is 0 Å². The van der Waals surface area contributed by atoms with Gasteiger partial charge in [-0.2, -0.15) is 0 Å². The van der Waals surface area contributed by atoms with Gasteiger partial charge in [0.25, 0.3) is 0 Å². The number of hydrogen-bond acceptors (Lipinski definition) is 3. The van der Waals surface area contributed by atoms with Crippen LogP contribution in [-0.4, -0.2) is 8.07 Å². The molecule has 0 spiro atoms. The van der Waals surface area contributed by atoms with Crippen molar-refractivity contribution in [3.8, 4) is 22.3 Å². The molecule has 8 aromatic carbocycles. The van der Waals surface area contributed by atoms with E-state index in [1.54, 1.807) is 0 Å². The van der Waals surface area contributed by atoms with Gasteiger partial charge >= 0.3 is 0 Å². The molecule has 1 aliphatic heterocycles. The van der Waals surface area contributed by atoms with E-state index in [4.69, 9.17) is 8.83 Å². The largest absolute Gasteiger partial charge is 0.456 e. The van der Waals surface area contributed by atoms with Gasteiger partial charge < -0.3 is 13.7 Å². The average molecular weight is 684 g/mol. The topological polar surface area (TPSA) is 29.5 Å². The average Bonchev–Trinajstić information content (AvgIpc) is 3.82. The van der Waals surface area contributed by atoms with Crippen molar-refractivity contribution in [2.75, 3.05) is 4.90 Å². The van der Waals surface area contributed by atoms with E-state index in [2.05, 4.69) is 170 Å². The Morgan fingerprint density at radius 2 is 1.06 bits per heavy atom. The lowest BCUT2D eigenvalue weighted by molar-refractivity contribution is 0.668. The molecular formula is C48H33NO2Si. The number of fused-ring (bicyclic) bond motifs is 11. The summed E-state index contributed by atoms with van der Waals surface area (Å²) in [5.74, 6) is 0. The maximum absolute atomic E-state index is 6.37. The van der Waals surface area contributed by atoms with Gasteiger partial charge in [0.1, 0.15) is 30.4 Å². The number of benzene rings is 8. The van der Waals surface area contributed by atoms with Crippen molar-refractivity contribution in [2.45, 2.75) is 13.1 Å². The number of rotatable bonds is 4. The first kappa shape index (κ1) is 29.4. The number of anilines is 3. The van der Waals surface area contributed by atoms with Crippen LogP contribution < -0.4 is 15.3 Å². The van der Waals surface area contributed by atoms with Crippen molar-refractivity contribution >= 4 is 90.2 Å². The Kier molecular flexibility index (Phi) is 6.11. The van der Waals surface area contributed by atoms with Crippen LogP contribution >= 0.6 is 0 Å². The lowest BCUT2D eigenvalue weighted by Crippen LogP contribution is -2.49. The molecule has 1 aliphatic rings. The van der Waals surface area contributed by atoms with Crippen LogP contribution in [0.1, 0.15) is 0 Å². The van der Waals surface area contributed by atoms with Crippen molar-refractivity contribution < 1.29 is 8.83 Å². The van der Waals surface area contributed by atoms with Gasteiger partial charge in [-0.1, -0.05) is 116 Å². The van der Waals surface area contributed by atoms with Crippen LogP contribution in [0.2, 0.25) is 13.1 Å². The molecule has 0 radical (unpaired) electrons. The molecule has 0 atom stereocenters. The van der Waals surface area contributed by atoms with Gasteiger partial charge in [0.05, 0.1) is 0 Å². The van der Waals surface area contributed by atoms with E-state index in [-0.39, 0.29) is 0 Å². The summed E-state index contributed by atoms with van der Waals surface area (Å²) >= 11 is 0.